The lowest BCUT2D eigenvalue weighted by Crippen LogP contribution is -2.15. The minimum atomic E-state index is -1.50. The van der Waals surface area contributed by atoms with E-state index >= 15 is 0 Å². The van der Waals surface area contributed by atoms with E-state index in [1.165, 1.54) is 20.2 Å². The molecule has 0 saturated carbocycles. The number of aliphatic hydroxyl groups excluding tert-OH is 1. The number of aromatic nitrogens is 3. The van der Waals surface area contributed by atoms with E-state index in [1.807, 2.05) is 10.8 Å². The molecule has 8 nitrogen and oxygen atoms in total. The van der Waals surface area contributed by atoms with Gasteiger partial charge in [-0.1, -0.05) is 0 Å². The Kier molecular flexibility index (Phi) is 5.58. The molecular weight excluding hydrogens is 368 g/mol. The van der Waals surface area contributed by atoms with Crippen molar-refractivity contribution in [1.29, 1.82) is 0 Å². The summed E-state index contributed by atoms with van der Waals surface area (Å²) in [6.07, 6.45) is 4.85. The summed E-state index contributed by atoms with van der Waals surface area (Å²) in [7, 11) is 0. The van der Waals surface area contributed by atoms with Gasteiger partial charge in [-0.25, -0.2) is 9.97 Å². The van der Waals surface area contributed by atoms with Crippen LogP contribution >= 0.6 is 15.9 Å². The minimum absolute atomic E-state index is 0.0496. The summed E-state index contributed by atoms with van der Waals surface area (Å²) < 4.78 is 8.54. The molecule has 0 radical (unpaired) electrons. The maximum absolute atomic E-state index is 9.10. The van der Waals surface area contributed by atoms with Crippen LogP contribution in [0, 0.1) is 0 Å². The lowest BCUT2D eigenvalue weighted by Gasteiger charge is -2.14. The average molecular weight is 389 g/mol. The van der Waals surface area contributed by atoms with Crippen molar-refractivity contribution in [1.82, 2.24) is 14.5 Å². The normalized spacial score (nSPS) is 21.3. The van der Waals surface area contributed by atoms with Gasteiger partial charge in [0.1, 0.15) is 24.0 Å². The summed E-state index contributed by atoms with van der Waals surface area (Å²) in [6.45, 7) is 2.65. The largest absolute Gasteiger partial charge is 0.394 e. The second kappa shape index (κ2) is 7.10. The van der Waals surface area contributed by atoms with E-state index in [0.29, 0.717) is 5.82 Å². The highest BCUT2D eigenvalue weighted by atomic mass is 79.9. The van der Waals surface area contributed by atoms with Crippen LogP contribution in [0.1, 0.15) is 32.9 Å². The van der Waals surface area contributed by atoms with Crippen LogP contribution in [0.5, 0.6) is 0 Å². The molecule has 0 aliphatic carbocycles. The number of halogens is 1. The maximum Gasteiger partial charge on any atom is 0.156 e. The van der Waals surface area contributed by atoms with Gasteiger partial charge in [-0.05, 0) is 42.6 Å². The monoisotopic (exact) mass is 388 g/mol. The Morgan fingerprint density at radius 2 is 2.04 bits per heavy atom. The second-order valence-corrected chi connectivity index (χ2v) is 6.66. The van der Waals surface area contributed by atoms with Crippen LogP contribution in [0.2, 0.25) is 0 Å². The Labute approximate surface area is 142 Å². The van der Waals surface area contributed by atoms with Crippen LogP contribution in [0.25, 0.3) is 11.0 Å². The molecule has 1 aliphatic heterocycles. The summed E-state index contributed by atoms with van der Waals surface area (Å²) in [4.78, 5) is 8.24. The van der Waals surface area contributed by atoms with Crippen molar-refractivity contribution in [2.24, 2.45) is 0 Å². The molecule has 2 atom stereocenters. The first-order chi connectivity index (χ1) is 10.7. The number of nitrogens with two attached hydrogens (primary N) is 1. The molecule has 1 fully saturated rings. The number of ether oxygens (including phenoxy) is 1. The van der Waals surface area contributed by atoms with Gasteiger partial charge in [0.25, 0.3) is 0 Å². The molecule has 1 aliphatic rings. The molecule has 0 spiro atoms. The van der Waals surface area contributed by atoms with E-state index < -0.39 is 5.79 Å². The lowest BCUT2D eigenvalue weighted by molar-refractivity contribution is -0.127. The summed E-state index contributed by atoms with van der Waals surface area (Å²) in [6, 6.07) is 0. The van der Waals surface area contributed by atoms with Crippen molar-refractivity contribution < 1.29 is 20.1 Å². The number of hydrogen-bond acceptors (Lipinski definition) is 7. The summed E-state index contributed by atoms with van der Waals surface area (Å²) in [5.74, 6) is -1.05. The molecular formula is C14H21BrN4O4. The van der Waals surface area contributed by atoms with Crippen molar-refractivity contribution in [3.8, 4) is 0 Å². The zero-order valence-electron chi connectivity index (χ0n) is 13.0. The van der Waals surface area contributed by atoms with Crippen LogP contribution < -0.4 is 5.73 Å². The van der Waals surface area contributed by atoms with Gasteiger partial charge in [0.15, 0.2) is 5.79 Å². The SMILES string of the molecule is CC(C)(O)O.Nc1ncnc2c1c(Br)cn2C1CCC(CO)O1. The highest BCUT2D eigenvalue weighted by molar-refractivity contribution is 9.10. The number of hydrogen-bond donors (Lipinski definition) is 4. The Hall–Kier alpha value is -1.26. The fourth-order valence-electron chi connectivity index (χ4n) is 2.31. The summed E-state index contributed by atoms with van der Waals surface area (Å²) >= 11 is 3.46. The van der Waals surface area contributed by atoms with Gasteiger partial charge in [0.05, 0.1) is 18.1 Å². The van der Waals surface area contributed by atoms with Crippen LogP contribution in [0.15, 0.2) is 17.0 Å². The molecule has 3 rings (SSSR count). The Morgan fingerprint density at radius 1 is 1.39 bits per heavy atom. The van der Waals surface area contributed by atoms with Gasteiger partial charge in [0.2, 0.25) is 0 Å². The highest BCUT2D eigenvalue weighted by Gasteiger charge is 2.28. The predicted octanol–water partition coefficient (Wildman–Crippen LogP) is 1.15. The molecule has 9 heteroatoms. The molecule has 5 N–H and O–H groups in total. The third-order valence-corrected chi connectivity index (χ3v) is 3.79. The Bertz CT molecular complexity index is 665. The summed E-state index contributed by atoms with van der Waals surface area (Å²) in [5, 5.41) is 26.1. The van der Waals surface area contributed by atoms with Crippen LogP contribution in [0.3, 0.4) is 0 Å². The van der Waals surface area contributed by atoms with Crippen molar-refractivity contribution in [3.63, 3.8) is 0 Å². The van der Waals surface area contributed by atoms with Crippen LogP contribution in [-0.4, -0.2) is 48.4 Å². The molecule has 3 heterocycles. The molecule has 0 bridgehead atoms. The fraction of sp³-hybridized carbons (Fsp3) is 0.571. The Morgan fingerprint density at radius 3 is 2.61 bits per heavy atom. The van der Waals surface area contributed by atoms with E-state index in [4.69, 9.17) is 25.8 Å². The molecule has 128 valence electrons. The molecule has 1 saturated heterocycles. The van der Waals surface area contributed by atoms with Crippen molar-refractivity contribution in [3.05, 3.63) is 17.0 Å². The summed E-state index contributed by atoms with van der Waals surface area (Å²) in [5.41, 5.74) is 6.60. The van der Waals surface area contributed by atoms with Crippen molar-refractivity contribution in [2.75, 3.05) is 12.3 Å². The predicted molar refractivity (Wildman–Crippen MR) is 88.4 cm³/mol. The first-order valence-corrected chi connectivity index (χ1v) is 7.97. The molecule has 23 heavy (non-hydrogen) atoms. The number of nitrogens with zero attached hydrogens (tertiary/aromatic N) is 3. The minimum Gasteiger partial charge on any atom is -0.394 e. The number of rotatable bonds is 2. The molecule has 2 aromatic heterocycles. The smallest absolute Gasteiger partial charge is 0.156 e. The van der Waals surface area contributed by atoms with Gasteiger partial charge in [-0.2, -0.15) is 0 Å². The number of nitrogen functional groups attached to an aromatic ring is 1. The van der Waals surface area contributed by atoms with Gasteiger partial charge in [0, 0.05) is 10.7 Å². The fourth-order valence-corrected chi connectivity index (χ4v) is 2.91. The molecule has 0 amide bonds. The third kappa shape index (κ3) is 4.61. The number of aliphatic hydroxyl groups is 3. The standard InChI is InChI=1S/C11H13BrN4O2.C3H8O2/c12-7-3-16(8-2-1-6(4-17)18-8)11-9(7)10(13)14-5-15-11;1-3(2,4)5/h3,5-6,8,17H,1-2,4H2,(H2,13,14,15);4-5H,1-2H3. The third-order valence-electron chi connectivity index (χ3n) is 3.19. The van der Waals surface area contributed by atoms with Gasteiger partial charge in [-0.15, -0.1) is 0 Å². The van der Waals surface area contributed by atoms with Crippen molar-refractivity contribution >= 4 is 32.8 Å². The first-order valence-electron chi connectivity index (χ1n) is 7.18. The zero-order chi connectivity index (χ0) is 17.2. The van der Waals surface area contributed by atoms with Crippen LogP contribution in [-0.2, 0) is 4.74 Å². The van der Waals surface area contributed by atoms with E-state index in [2.05, 4.69) is 25.9 Å². The van der Waals surface area contributed by atoms with E-state index in [-0.39, 0.29) is 18.9 Å². The lowest BCUT2D eigenvalue weighted by atomic mass is 10.2. The maximum atomic E-state index is 9.10. The van der Waals surface area contributed by atoms with E-state index in [9.17, 15) is 0 Å². The van der Waals surface area contributed by atoms with E-state index in [1.54, 1.807) is 0 Å². The molecule has 2 unspecified atom stereocenters. The Balaban J connectivity index is 0.000000338. The number of anilines is 1. The highest BCUT2D eigenvalue weighted by Crippen LogP contribution is 2.35. The topological polar surface area (TPSA) is 127 Å². The first kappa shape index (κ1) is 18.1. The quantitative estimate of drug-likeness (QED) is 0.568. The van der Waals surface area contributed by atoms with E-state index in [0.717, 1.165) is 28.3 Å². The van der Waals surface area contributed by atoms with Gasteiger partial charge in [-0.3, -0.25) is 0 Å². The van der Waals surface area contributed by atoms with Gasteiger partial charge < -0.3 is 30.4 Å². The van der Waals surface area contributed by atoms with Crippen molar-refractivity contribution in [2.45, 2.75) is 44.8 Å². The average Bonchev–Trinajstić information content (AvgIpc) is 3.02. The van der Waals surface area contributed by atoms with Gasteiger partial charge >= 0.3 is 0 Å². The zero-order valence-corrected chi connectivity index (χ0v) is 14.6. The molecule has 0 aromatic carbocycles. The van der Waals surface area contributed by atoms with Crippen LogP contribution in [0.4, 0.5) is 5.82 Å². The second-order valence-electron chi connectivity index (χ2n) is 5.81. The number of fused-ring (bicyclic) bond motifs is 1. The molecule has 2 aromatic rings.